The van der Waals surface area contributed by atoms with Gasteiger partial charge in [0.05, 0.1) is 13.5 Å². The highest BCUT2D eigenvalue weighted by molar-refractivity contribution is 9.10. The SMILES string of the molecule is COC(=O)Cc1ccc2nc(Br)oc2c1. The quantitative estimate of drug-likeness (QED) is 0.786. The van der Waals surface area contributed by atoms with Crippen LogP contribution >= 0.6 is 15.9 Å². The molecule has 1 aromatic heterocycles. The van der Waals surface area contributed by atoms with Gasteiger partial charge in [0.2, 0.25) is 0 Å². The first-order valence-electron chi connectivity index (χ1n) is 4.31. The lowest BCUT2D eigenvalue weighted by Gasteiger charge is -1.98. The highest BCUT2D eigenvalue weighted by atomic mass is 79.9. The molecular formula is C10H8BrNO3. The number of methoxy groups -OCH3 is 1. The third-order valence-corrected chi connectivity index (χ3v) is 2.34. The molecule has 1 aromatic carbocycles. The molecule has 0 aliphatic rings. The number of aromatic nitrogens is 1. The summed E-state index contributed by atoms with van der Waals surface area (Å²) in [7, 11) is 1.37. The first-order chi connectivity index (χ1) is 7.19. The lowest BCUT2D eigenvalue weighted by atomic mass is 10.1. The molecule has 0 amide bonds. The Morgan fingerprint density at radius 2 is 2.40 bits per heavy atom. The molecule has 0 aliphatic heterocycles. The third-order valence-electron chi connectivity index (χ3n) is 2.00. The summed E-state index contributed by atoms with van der Waals surface area (Å²) < 4.78 is 9.85. The number of nitrogens with zero attached hydrogens (tertiary/aromatic N) is 1. The molecule has 2 rings (SSSR count). The van der Waals surface area contributed by atoms with Crippen LogP contribution in [0.3, 0.4) is 0 Å². The van der Waals surface area contributed by atoms with Crippen LogP contribution in [-0.2, 0) is 16.0 Å². The second kappa shape index (κ2) is 4.02. The maximum Gasteiger partial charge on any atom is 0.309 e. The standard InChI is InChI=1S/C10H8BrNO3/c1-14-9(13)5-6-2-3-7-8(4-6)15-10(11)12-7/h2-4H,5H2,1H3. The highest BCUT2D eigenvalue weighted by Crippen LogP contribution is 2.20. The van der Waals surface area contributed by atoms with Crippen molar-refractivity contribution in [1.29, 1.82) is 0 Å². The Kier molecular flexibility index (Phi) is 2.73. The summed E-state index contributed by atoms with van der Waals surface area (Å²) in [6.45, 7) is 0. The molecule has 2 aromatic rings. The van der Waals surface area contributed by atoms with Gasteiger partial charge in [0.1, 0.15) is 5.52 Å². The number of halogens is 1. The zero-order valence-electron chi connectivity index (χ0n) is 7.99. The van der Waals surface area contributed by atoms with Crippen LogP contribution in [0.2, 0.25) is 0 Å². The molecule has 15 heavy (non-hydrogen) atoms. The largest absolute Gasteiger partial charge is 0.469 e. The van der Waals surface area contributed by atoms with Gasteiger partial charge < -0.3 is 9.15 Å². The molecule has 0 bridgehead atoms. The topological polar surface area (TPSA) is 52.3 Å². The summed E-state index contributed by atoms with van der Waals surface area (Å²) >= 11 is 3.14. The number of carbonyl (C=O) groups is 1. The second-order valence-corrected chi connectivity index (χ2v) is 3.70. The van der Waals surface area contributed by atoms with Gasteiger partial charge in [-0.2, -0.15) is 0 Å². The monoisotopic (exact) mass is 269 g/mol. The average molecular weight is 270 g/mol. The van der Waals surface area contributed by atoms with Gasteiger partial charge in [0, 0.05) is 15.9 Å². The Morgan fingerprint density at radius 1 is 1.60 bits per heavy atom. The van der Waals surface area contributed by atoms with Crippen molar-refractivity contribution in [3.8, 4) is 0 Å². The molecular weight excluding hydrogens is 262 g/mol. The maximum atomic E-state index is 11.0. The number of hydrogen-bond donors (Lipinski definition) is 0. The molecule has 0 N–H and O–H groups in total. The first kappa shape index (κ1) is 10.2. The summed E-state index contributed by atoms with van der Waals surface area (Å²) in [5, 5.41) is 0. The van der Waals surface area contributed by atoms with Gasteiger partial charge in [-0.15, -0.1) is 0 Å². The zero-order chi connectivity index (χ0) is 10.8. The number of hydrogen-bond acceptors (Lipinski definition) is 4. The van der Waals surface area contributed by atoms with Crippen molar-refractivity contribution in [2.24, 2.45) is 0 Å². The summed E-state index contributed by atoms with van der Waals surface area (Å²) in [6, 6.07) is 5.42. The molecule has 0 saturated carbocycles. The fourth-order valence-corrected chi connectivity index (χ4v) is 1.66. The molecule has 5 heteroatoms. The van der Waals surface area contributed by atoms with Crippen molar-refractivity contribution < 1.29 is 13.9 Å². The van der Waals surface area contributed by atoms with Crippen LogP contribution in [0.1, 0.15) is 5.56 Å². The molecule has 0 unspecified atom stereocenters. The first-order valence-corrected chi connectivity index (χ1v) is 5.10. The van der Waals surface area contributed by atoms with E-state index >= 15 is 0 Å². The lowest BCUT2D eigenvalue weighted by molar-refractivity contribution is -0.139. The van der Waals surface area contributed by atoms with Crippen molar-refractivity contribution in [2.45, 2.75) is 6.42 Å². The van der Waals surface area contributed by atoms with Gasteiger partial charge >= 0.3 is 5.97 Å². The van der Waals surface area contributed by atoms with E-state index in [9.17, 15) is 4.79 Å². The second-order valence-electron chi connectivity index (χ2n) is 3.02. The van der Waals surface area contributed by atoms with E-state index in [1.165, 1.54) is 7.11 Å². The number of rotatable bonds is 2. The number of esters is 1. The Hall–Kier alpha value is -1.36. The third kappa shape index (κ3) is 2.18. The lowest BCUT2D eigenvalue weighted by Crippen LogP contribution is -2.03. The average Bonchev–Trinajstić information content (AvgIpc) is 2.57. The summed E-state index contributed by atoms with van der Waals surface area (Å²) in [5.74, 6) is -0.270. The molecule has 0 aliphatic carbocycles. The van der Waals surface area contributed by atoms with Crippen LogP contribution in [0.4, 0.5) is 0 Å². The van der Waals surface area contributed by atoms with Gasteiger partial charge in [0.15, 0.2) is 5.58 Å². The molecule has 1 heterocycles. The van der Waals surface area contributed by atoms with Crippen LogP contribution in [0.25, 0.3) is 11.1 Å². The van der Waals surface area contributed by atoms with E-state index < -0.39 is 0 Å². The molecule has 0 spiro atoms. The van der Waals surface area contributed by atoms with Crippen LogP contribution in [-0.4, -0.2) is 18.1 Å². The molecule has 0 fully saturated rings. The minimum atomic E-state index is -0.270. The van der Waals surface area contributed by atoms with Crippen LogP contribution in [0, 0.1) is 0 Å². The number of oxazole rings is 1. The normalized spacial score (nSPS) is 10.5. The van der Waals surface area contributed by atoms with Crippen molar-refractivity contribution in [3.05, 3.63) is 28.6 Å². The number of carbonyl (C=O) groups excluding carboxylic acids is 1. The zero-order valence-corrected chi connectivity index (χ0v) is 9.58. The van der Waals surface area contributed by atoms with Crippen LogP contribution in [0.15, 0.2) is 27.4 Å². The van der Waals surface area contributed by atoms with Crippen molar-refractivity contribution in [2.75, 3.05) is 7.11 Å². The van der Waals surface area contributed by atoms with E-state index in [0.717, 1.165) is 11.1 Å². The van der Waals surface area contributed by atoms with Crippen LogP contribution < -0.4 is 0 Å². The Bertz CT molecular complexity index is 506. The fourth-order valence-electron chi connectivity index (χ4n) is 1.29. The molecule has 0 saturated heterocycles. The highest BCUT2D eigenvalue weighted by Gasteiger charge is 2.07. The van der Waals surface area contributed by atoms with E-state index in [4.69, 9.17) is 4.42 Å². The molecule has 0 atom stereocenters. The maximum absolute atomic E-state index is 11.0. The molecule has 0 radical (unpaired) electrons. The van der Waals surface area contributed by atoms with Gasteiger partial charge in [-0.25, -0.2) is 4.98 Å². The number of fused-ring (bicyclic) bond motifs is 1. The number of benzene rings is 1. The number of ether oxygens (including phenoxy) is 1. The minimum Gasteiger partial charge on any atom is -0.469 e. The summed E-state index contributed by atoms with van der Waals surface area (Å²) in [4.78, 5) is 15.6. The van der Waals surface area contributed by atoms with E-state index in [0.29, 0.717) is 10.4 Å². The van der Waals surface area contributed by atoms with E-state index in [1.54, 1.807) is 6.07 Å². The molecule has 4 nitrogen and oxygen atoms in total. The summed E-state index contributed by atoms with van der Waals surface area (Å²) in [6.07, 6.45) is 0.241. The Labute approximate surface area is 94.4 Å². The van der Waals surface area contributed by atoms with Gasteiger partial charge in [-0.1, -0.05) is 6.07 Å². The van der Waals surface area contributed by atoms with E-state index in [-0.39, 0.29) is 12.4 Å². The van der Waals surface area contributed by atoms with Gasteiger partial charge in [-0.05, 0) is 17.7 Å². The van der Waals surface area contributed by atoms with E-state index in [1.807, 2.05) is 12.1 Å². The Balaban J connectivity index is 2.33. The van der Waals surface area contributed by atoms with Gasteiger partial charge in [-0.3, -0.25) is 4.79 Å². The fraction of sp³-hybridized carbons (Fsp3) is 0.200. The van der Waals surface area contributed by atoms with E-state index in [2.05, 4.69) is 25.7 Å². The smallest absolute Gasteiger partial charge is 0.309 e. The summed E-state index contributed by atoms with van der Waals surface area (Å²) in [5.41, 5.74) is 2.26. The predicted octanol–water partition coefficient (Wildman–Crippen LogP) is 2.31. The van der Waals surface area contributed by atoms with Crippen LogP contribution in [0.5, 0.6) is 0 Å². The van der Waals surface area contributed by atoms with Crippen molar-refractivity contribution in [3.63, 3.8) is 0 Å². The molecule has 78 valence electrons. The Morgan fingerprint density at radius 3 is 3.13 bits per heavy atom. The van der Waals surface area contributed by atoms with Crippen molar-refractivity contribution >= 4 is 33.0 Å². The minimum absolute atomic E-state index is 0.241. The predicted molar refractivity (Wildman–Crippen MR) is 57.4 cm³/mol. The van der Waals surface area contributed by atoms with Crippen molar-refractivity contribution in [1.82, 2.24) is 4.98 Å². The van der Waals surface area contributed by atoms with Gasteiger partial charge in [0.25, 0.3) is 4.80 Å².